The van der Waals surface area contributed by atoms with Gasteiger partial charge in [0.2, 0.25) is 5.88 Å². The molecule has 1 atom stereocenters. The highest BCUT2D eigenvalue weighted by Crippen LogP contribution is 2.07. The van der Waals surface area contributed by atoms with E-state index in [0.717, 1.165) is 0 Å². The summed E-state index contributed by atoms with van der Waals surface area (Å²) in [6.45, 7) is 1.70. The van der Waals surface area contributed by atoms with Gasteiger partial charge in [-0.25, -0.2) is 4.98 Å². The molecule has 62 valence electrons. The van der Waals surface area contributed by atoms with E-state index < -0.39 is 6.23 Å². The summed E-state index contributed by atoms with van der Waals surface area (Å²) >= 11 is 0. The highest BCUT2D eigenvalue weighted by atomic mass is 16.5. The minimum absolute atomic E-state index is 0.327. The lowest BCUT2D eigenvalue weighted by molar-refractivity contribution is 0.220. The normalized spacial score (nSPS) is 11.8. The maximum atomic E-state index is 8.50. The monoisotopic (exact) mass is 163 g/mol. The van der Waals surface area contributed by atoms with Gasteiger partial charge in [-0.3, -0.25) is 5.73 Å². The second-order valence-electron chi connectivity index (χ2n) is 2.30. The molecular formula is C8H9N3O. The summed E-state index contributed by atoms with van der Waals surface area (Å²) in [7, 11) is 0. The van der Waals surface area contributed by atoms with Gasteiger partial charge >= 0.3 is 0 Å². The SMILES string of the molecule is CC(N)Oc1cccc(C#N)n1. The summed E-state index contributed by atoms with van der Waals surface area (Å²) in [4.78, 5) is 3.87. The Hall–Kier alpha value is -1.60. The fraction of sp³-hybridized carbons (Fsp3) is 0.250. The molecule has 0 spiro atoms. The first-order valence-corrected chi connectivity index (χ1v) is 3.52. The van der Waals surface area contributed by atoms with E-state index >= 15 is 0 Å². The van der Waals surface area contributed by atoms with Crippen LogP contribution in [0.25, 0.3) is 0 Å². The Labute approximate surface area is 70.6 Å². The Balaban J connectivity index is 2.81. The van der Waals surface area contributed by atoms with Crippen molar-refractivity contribution in [3.63, 3.8) is 0 Å². The van der Waals surface area contributed by atoms with Crippen LogP contribution in [0.3, 0.4) is 0 Å². The topological polar surface area (TPSA) is 71.9 Å². The third-order valence-corrected chi connectivity index (χ3v) is 1.14. The summed E-state index contributed by atoms with van der Waals surface area (Å²) in [6.07, 6.45) is -0.411. The average molecular weight is 163 g/mol. The molecule has 1 heterocycles. The van der Waals surface area contributed by atoms with Gasteiger partial charge in [-0.15, -0.1) is 0 Å². The number of hydrogen-bond acceptors (Lipinski definition) is 4. The summed E-state index contributed by atoms with van der Waals surface area (Å²) in [5.74, 6) is 0.379. The molecule has 4 nitrogen and oxygen atoms in total. The molecule has 1 rings (SSSR count). The van der Waals surface area contributed by atoms with Crippen molar-refractivity contribution in [3.05, 3.63) is 23.9 Å². The van der Waals surface area contributed by atoms with E-state index in [4.69, 9.17) is 15.7 Å². The molecule has 1 unspecified atom stereocenters. The molecule has 0 bridgehead atoms. The number of nitrogens with two attached hydrogens (primary N) is 1. The highest BCUT2D eigenvalue weighted by Gasteiger charge is 1.99. The summed E-state index contributed by atoms with van der Waals surface area (Å²) in [5, 5.41) is 8.50. The number of nitriles is 1. The van der Waals surface area contributed by atoms with E-state index in [1.165, 1.54) is 0 Å². The van der Waals surface area contributed by atoms with Crippen molar-refractivity contribution in [3.8, 4) is 11.9 Å². The molecule has 0 aliphatic carbocycles. The predicted molar refractivity (Wildman–Crippen MR) is 43.2 cm³/mol. The zero-order valence-electron chi connectivity index (χ0n) is 6.69. The van der Waals surface area contributed by atoms with Gasteiger partial charge in [0.1, 0.15) is 18.0 Å². The minimum atomic E-state index is -0.411. The highest BCUT2D eigenvalue weighted by molar-refractivity contribution is 5.24. The Morgan fingerprint density at radius 2 is 2.42 bits per heavy atom. The predicted octanol–water partition coefficient (Wildman–Crippen LogP) is 0.637. The van der Waals surface area contributed by atoms with Crippen molar-refractivity contribution in [2.75, 3.05) is 0 Å². The molecule has 0 saturated carbocycles. The van der Waals surface area contributed by atoms with Crippen LogP contribution in [0.15, 0.2) is 18.2 Å². The van der Waals surface area contributed by atoms with Crippen molar-refractivity contribution in [1.29, 1.82) is 5.26 Å². The van der Waals surface area contributed by atoms with Gasteiger partial charge in [0.05, 0.1) is 0 Å². The first kappa shape index (κ1) is 8.50. The molecule has 1 aromatic heterocycles. The largest absolute Gasteiger partial charge is 0.459 e. The van der Waals surface area contributed by atoms with Crippen LogP contribution in [0.1, 0.15) is 12.6 Å². The molecule has 0 aliphatic heterocycles. The maximum absolute atomic E-state index is 8.50. The number of pyridine rings is 1. The minimum Gasteiger partial charge on any atom is -0.459 e. The van der Waals surface area contributed by atoms with Crippen molar-refractivity contribution < 1.29 is 4.74 Å². The molecule has 0 aliphatic rings. The van der Waals surface area contributed by atoms with Crippen LogP contribution in [-0.2, 0) is 0 Å². The van der Waals surface area contributed by atoms with E-state index in [1.54, 1.807) is 25.1 Å². The molecule has 4 heteroatoms. The van der Waals surface area contributed by atoms with E-state index in [2.05, 4.69) is 4.98 Å². The van der Waals surface area contributed by atoms with Crippen LogP contribution in [-0.4, -0.2) is 11.2 Å². The first-order valence-electron chi connectivity index (χ1n) is 3.52. The Kier molecular flexibility index (Phi) is 2.62. The fourth-order valence-electron chi connectivity index (χ4n) is 0.733. The Morgan fingerprint density at radius 1 is 1.67 bits per heavy atom. The van der Waals surface area contributed by atoms with Crippen molar-refractivity contribution in [1.82, 2.24) is 4.98 Å². The van der Waals surface area contributed by atoms with Gasteiger partial charge in [-0.1, -0.05) is 6.07 Å². The summed E-state index contributed by atoms with van der Waals surface area (Å²) in [5.41, 5.74) is 5.70. The van der Waals surface area contributed by atoms with E-state index in [1.807, 2.05) is 6.07 Å². The lowest BCUT2D eigenvalue weighted by atomic mass is 10.4. The van der Waals surface area contributed by atoms with Crippen LogP contribution in [0.2, 0.25) is 0 Å². The van der Waals surface area contributed by atoms with Crippen LogP contribution in [0.5, 0.6) is 5.88 Å². The lowest BCUT2D eigenvalue weighted by Crippen LogP contribution is -2.22. The van der Waals surface area contributed by atoms with Crippen LogP contribution >= 0.6 is 0 Å². The smallest absolute Gasteiger partial charge is 0.216 e. The quantitative estimate of drug-likeness (QED) is 0.649. The molecule has 0 amide bonds. The molecule has 0 radical (unpaired) electrons. The van der Waals surface area contributed by atoms with E-state index in [0.29, 0.717) is 11.6 Å². The van der Waals surface area contributed by atoms with Gasteiger partial charge in [0, 0.05) is 6.07 Å². The third kappa shape index (κ3) is 2.22. The van der Waals surface area contributed by atoms with Crippen molar-refractivity contribution in [2.45, 2.75) is 13.2 Å². The van der Waals surface area contributed by atoms with Crippen molar-refractivity contribution >= 4 is 0 Å². The molecular weight excluding hydrogens is 154 g/mol. The van der Waals surface area contributed by atoms with E-state index in [9.17, 15) is 0 Å². The second-order valence-corrected chi connectivity index (χ2v) is 2.30. The number of hydrogen-bond donors (Lipinski definition) is 1. The third-order valence-electron chi connectivity index (χ3n) is 1.14. The molecule has 1 aromatic rings. The molecule has 0 saturated heterocycles. The zero-order valence-corrected chi connectivity index (χ0v) is 6.69. The first-order chi connectivity index (χ1) is 5.72. The Bertz CT molecular complexity index is 303. The summed E-state index contributed by atoms with van der Waals surface area (Å²) < 4.78 is 5.07. The summed E-state index contributed by atoms with van der Waals surface area (Å²) in [6, 6.07) is 6.87. The molecule has 2 N–H and O–H groups in total. The van der Waals surface area contributed by atoms with Gasteiger partial charge in [0.15, 0.2) is 0 Å². The van der Waals surface area contributed by atoms with Crippen LogP contribution in [0, 0.1) is 11.3 Å². The Morgan fingerprint density at radius 3 is 3.00 bits per heavy atom. The molecule has 0 fully saturated rings. The van der Waals surface area contributed by atoms with Crippen molar-refractivity contribution in [2.24, 2.45) is 5.73 Å². The van der Waals surface area contributed by atoms with Crippen LogP contribution < -0.4 is 10.5 Å². The van der Waals surface area contributed by atoms with Gasteiger partial charge in [0.25, 0.3) is 0 Å². The molecule has 12 heavy (non-hydrogen) atoms. The number of rotatable bonds is 2. The number of ether oxygens (including phenoxy) is 1. The standard InChI is InChI=1S/C8H9N3O/c1-6(10)12-8-4-2-3-7(5-9)11-8/h2-4,6H,10H2,1H3. The van der Waals surface area contributed by atoms with Gasteiger partial charge in [-0.2, -0.15) is 5.26 Å². The maximum Gasteiger partial charge on any atom is 0.216 e. The lowest BCUT2D eigenvalue weighted by Gasteiger charge is -2.07. The number of nitrogens with zero attached hydrogens (tertiary/aromatic N) is 2. The van der Waals surface area contributed by atoms with Gasteiger partial charge in [-0.05, 0) is 13.0 Å². The zero-order chi connectivity index (χ0) is 8.97. The number of aromatic nitrogens is 1. The van der Waals surface area contributed by atoms with Gasteiger partial charge < -0.3 is 4.74 Å². The van der Waals surface area contributed by atoms with E-state index in [-0.39, 0.29) is 0 Å². The average Bonchev–Trinajstić information content (AvgIpc) is 2.03. The van der Waals surface area contributed by atoms with Crippen LogP contribution in [0.4, 0.5) is 0 Å². The molecule has 0 aromatic carbocycles. The fourth-order valence-corrected chi connectivity index (χ4v) is 0.733. The second kappa shape index (κ2) is 3.69.